The maximum atomic E-state index is 12.2. The highest BCUT2D eigenvalue weighted by Gasteiger charge is 2.18. The second-order valence-corrected chi connectivity index (χ2v) is 5.21. The Kier molecular flexibility index (Phi) is 4.55. The van der Waals surface area contributed by atoms with Gasteiger partial charge in [0, 0.05) is 12.1 Å². The standard InChI is InChI=1S/C17H15NO5/c1-10-8-11(2)16(15(9-10)12(3)19)23-17(20)13-4-6-14(7-5-13)18(21)22/h4-9H,1-3H3. The molecule has 0 aliphatic heterocycles. The lowest BCUT2D eigenvalue weighted by molar-refractivity contribution is -0.384. The highest BCUT2D eigenvalue weighted by molar-refractivity contribution is 5.99. The number of ketones is 1. The summed E-state index contributed by atoms with van der Waals surface area (Å²) in [6.45, 7) is 5.00. The molecule has 0 radical (unpaired) electrons. The third-order valence-corrected chi connectivity index (χ3v) is 3.31. The van der Waals surface area contributed by atoms with Gasteiger partial charge in [-0.25, -0.2) is 4.79 Å². The summed E-state index contributed by atoms with van der Waals surface area (Å²) in [5, 5.41) is 10.6. The number of benzene rings is 2. The van der Waals surface area contributed by atoms with Gasteiger partial charge < -0.3 is 4.74 Å². The van der Waals surface area contributed by atoms with Crippen LogP contribution in [-0.4, -0.2) is 16.7 Å². The lowest BCUT2D eigenvalue weighted by Crippen LogP contribution is -2.12. The van der Waals surface area contributed by atoms with Gasteiger partial charge in [-0.1, -0.05) is 6.07 Å². The first-order valence-electron chi connectivity index (χ1n) is 6.88. The first-order chi connectivity index (χ1) is 10.8. The lowest BCUT2D eigenvalue weighted by Gasteiger charge is -2.12. The Hall–Kier alpha value is -3.02. The van der Waals surface area contributed by atoms with E-state index in [1.807, 2.05) is 13.0 Å². The van der Waals surface area contributed by atoms with Crippen LogP contribution < -0.4 is 4.74 Å². The van der Waals surface area contributed by atoms with E-state index >= 15 is 0 Å². The molecule has 0 bridgehead atoms. The quantitative estimate of drug-likeness (QED) is 0.283. The molecule has 0 spiro atoms. The van der Waals surface area contributed by atoms with Crippen LogP contribution in [0.1, 0.15) is 38.8 Å². The van der Waals surface area contributed by atoms with Crippen LogP contribution in [0.15, 0.2) is 36.4 Å². The van der Waals surface area contributed by atoms with Crippen molar-refractivity contribution < 1.29 is 19.2 Å². The number of non-ortho nitro benzene ring substituents is 1. The van der Waals surface area contributed by atoms with Gasteiger partial charge in [0.25, 0.3) is 5.69 Å². The Bertz CT molecular complexity index is 793. The summed E-state index contributed by atoms with van der Waals surface area (Å²) in [6.07, 6.45) is 0. The van der Waals surface area contributed by atoms with Gasteiger partial charge in [0.15, 0.2) is 5.78 Å². The Morgan fingerprint density at radius 1 is 1.09 bits per heavy atom. The smallest absolute Gasteiger partial charge is 0.343 e. The van der Waals surface area contributed by atoms with Gasteiger partial charge in [0.1, 0.15) is 5.75 Å². The third-order valence-electron chi connectivity index (χ3n) is 3.31. The molecule has 0 atom stereocenters. The molecule has 0 N–H and O–H groups in total. The van der Waals surface area contributed by atoms with Crippen LogP contribution in [0.25, 0.3) is 0 Å². The number of carbonyl (C=O) groups is 2. The number of ether oxygens (including phenoxy) is 1. The number of Topliss-reactive ketones (excluding diaryl/α,β-unsaturated/α-hetero) is 1. The number of hydrogen-bond acceptors (Lipinski definition) is 5. The van der Waals surface area contributed by atoms with E-state index in [9.17, 15) is 19.7 Å². The summed E-state index contributed by atoms with van der Waals surface area (Å²) in [6, 6.07) is 8.56. The highest BCUT2D eigenvalue weighted by atomic mass is 16.6. The molecule has 2 aromatic rings. The molecule has 23 heavy (non-hydrogen) atoms. The highest BCUT2D eigenvalue weighted by Crippen LogP contribution is 2.27. The Balaban J connectivity index is 2.33. The van der Waals surface area contributed by atoms with Gasteiger partial charge in [-0.3, -0.25) is 14.9 Å². The van der Waals surface area contributed by atoms with E-state index in [2.05, 4.69) is 0 Å². The maximum absolute atomic E-state index is 12.2. The molecule has 0 aromatic heterocycles. The van der Waals surface area contributed by atoms with E-state index in [1.54, 1.807) is 13.0 Å². The molecule has 6 heteroatoms. The molecule has 0 fully saturated rings. The van der Waals surface area contributed by atoms with E-state index in [-0.39, 0.29) is 22.8 Å². The van der Waals surface area contributed by atoms with Crippen molar-refractivity contribution in [3.63, 3.8) is 0 Å². The summed E-state index contributed by atoms with van der Waals surface area (Å²) in [5.41, 5.74) is 1.95. The second kappa shape index (κ2) is 6.39. The van der Waals surface area contributed by atoms with Crippen LogP contribution in [0.5, 0.6) is 5.75 Å². The van der Waals surface area contributed by atoms with Gasteiger partial charge in [0.05, 0.1) is 16.1 Å². The number of aryl methyl sites for hydroxylation is 2. The first kappa shape index (κ1) is 16.4. The number of hydrogen-bond donors (Lipinski definition) is 0. The molecule has 0 saturated heterocycles. The van der Waals surface area contributed by atoms with Gasteiger partial charge >= 0.3 is 5.97 Å². The predicted molar refractivity (Wildman–Crippen MR) is 84.0 cm³/mol. The summed E-state index contributed by atoms with van der Waals surface area (Å²) < 4.78 is 5.35. The molecule has 0 saturated carbocycles. The monoisotopic (exact) mass is 313 g/mol. The molecule has 2 rings (SSSR count). The van der Waals surface area contributed by atoms with E-state index in [0.29, 0.717) is 11.1 Å². The minimum atomic E-state index is -0.672. The van der Waals surface area contributed by atoms with Crippen molar-refractivity contribution in [1.82, 2.24) is 0 Å². The van der Waals surface area contributed by atoms with Gasteiger partial charge in [-0.15, -0.1) is 0 Å². The van der Waals surface area contributed by atoms with Crippen LogP contribution in [-0.2, 0) is 0 Å². The number of nitro benzene ring substituents is 1. The molecule has 0 unspecified atom stereocenters. The maximum Gasteiger partial charge on any atom is 0.343 e. The third kappa shape index (κ3) is 3.60. The molecular formula is C17H15NO5. The minimum Gasteiger partial charge on any atom is -0.422 e. The number of nitrogens with zero attached hydrogens (tertiary/aromatic N) is 1. The number of esters is 1. The molecule has 0 aliphatic carbocycles. The minimum absolute atomic E-state index is 0.113. The fraction of sp³-hybridized carbons (Fsp3) is 0.176. The molecule has 118 valence electrons. The molecule has 6 nitrogen and oxygen atoms in total. The van der Waals surface area contributed by atoms with Crippen molar-refractivity contribution >= 4 is 17.4 Å². The van der Waals surface area contributed by atoms with Crippen molar-refractivity contribution in [2.45, 2.75) is 20.8 Å². The Morgan fingerprint density at radius 3 is 2.22 bits per heavy atom. The Labute approximate surface area is 132 Å². The van der Waals surface area contributed by atoms with E-state index in [1.165, 1.54) is 31.2 Å². The van der Waals surface area contributed by atoms with Crippen molar-refractivity contribution in [3.05, 3.63) is 68.8 Å². The van der Waals surface area contributed by atoms with Crippen LogP contribution in [0, 0.1) is 24.0 Å². The van der Waals surface area contributed by atoms with Crippen molar-refractivity contribution in [2.24, 2.45) is 0 Å². The van der Waals surface area contributed by atoms with Crippen LogP contribution in [0.4, 0.5) is 5.69 Å². The van der Waals surface area contributed by atoms with E-state index in [4.69, 9.17) is 4.74 Å². The lowest BCUT2D eigenvalue weighted by atomic mass is 10.0. The summed E-state index contributed by atoms with van der Waals surface area (Å²) in [4.78, 5) is 34.0. The van der Waals surface area contributed by atoms with Crippen molar-refractivity contribution in [1.29, 1.82) is 0 Å². The predicted octanol–water partition coefficient (Wildman–Crippen LogP) is 3.63. The summed E-state index contributed by atoms with van der Waals surface area (Å²) in [5.74, 6) is -0.663. The topological polar surface area (TPSA) is 86.5 Å². The Morgan fingerprint density at radius 2 is 1.70 bits per heavy atom. The number of nitro groups is 1. The van der Waals surface area contributed by atoms with Crippen LogP contribution in [0.3, 0.4) is 0 Å². The van der Waals surface area contributed by atoms with Gasteiger partial charge in [0.2, 0.25) is 0 Å². The zero-order valence-electron chi connectivity index (χ0n) is 13.0. The molecule has 2 aromatic carbocycles. The summed E-state index contributed by atoms with van der Waals surface area (Å²) in [7, 11) is 0. The van der Waals surface area contributed by atoms with E-state index in [0.717, 1.165) is 5.56 Å². The molecule has 0 aliphatic rings. The van der Waals surface area contributed by atoms with Crippen LogP contribution in [0.2, 0.25) is 0 Å². The van der Waals surface area contributed by atoms with Crippen LogP contribution >= 0.6 is 0 Å². The van der Waals surface area contributed by atoms with Crippen molar-refractivity contribution in [2.75, 3.05) is 0 Å². The SMILES string of the molecule is CC(=O)c1cc(C)cc(C)c1OC(=O)c1ccc([N+](=O)[O-])cc1. The zero-order chi connectivity index (χ0) is 17.1. The molecule has 0 heterocycles. The summed E-state index contributed by atoms with van der Waals surface area (Å²) >= 11 is 0. The average Bonchev–Trinajstić information content (AvgIpc) is 2.49. The largest absolute Gasteiger partial charge is 0.422 e. The number of rotatable bonds is 4. The van der Waals surface area contributed by atoms with Gasteiger partial charge in [-0.05, 0) is 50.1 Å². The second-order valence-electron chi connectivity index (χ2n) is 5.21. The fourth-order valence-corrected chi connectivity index (χ4v) is 2.22. The van der Waals surface area contributed by atoms with Crippen molar-refractivity contribution in [3.8, 4) is 5.75 Å². The first-order valence-corrected chi connectivity index (χ1v) is 6.88. The zero-order valence-corrected chi connectivity index (χ0v) is 13.0. The van der Waals surface area contributed by atoms with Gasteiger partial charge in [-0.2, -0.15) is 0 Å². The normalized spacial score (nSPS) is 10.2. The van der Waals surface area contributed by atoms with E-state index < -0.39 is 10.9 Å². The average molecular weight is 313 g/mol. The number of carbonyl (C=O) groups excluding carboxylic acids is 2. The molecular weight excluding hydrogens is 298 g/mol. The molecule has 0 amide bonds. The fourth-order valence-electron chi connectivity index (χ4n) is 2.22.